The maximum absolute atomic E-state index is 9.22. The van der Waals surface area contributed by atoms with Crippen molar-refractivity contribution in [1.29, 1.82) is 5.26 Å². The van der Waals surface area contributed by atoms with Crippen LogP contribution in [0, 0.1) is 22.7 Å². The lowest BCUT2D eigenvalue weighted by Gasteiger charge is -2.35. The number of rotatable bonds is 4. The maximum Gasteiger partial charge on any atom is 0.0693 e. The SMILES string of the molecule is CC(C)Cc1ccc(CC2(C#N)CCC2)cc1. The molecule has 0 saturated heterocycles. The van der Waals surface area contributed by atoms with E-state index < -0.39 is 0 Å². The number of nitriles is 1. The number of hydrogen-bond acceptors (Lipinski definition) is 1. The second-order valence-corrected chi connectivity index (χ2v) is 5.84. The van der Waals surface area contributed by atoms with Gasteiger partial charge in [-0.1, -0.05) is 44.5 Å². The summed E-state index contributed by atoms with van der Waals surface area (Å²) in [5.41, 5.74) is 2.68. The van der Waals surface area contributed by atoms with Gasteiger partial charge in [0.25, 0.3) is 0 Å². The van der Waals surface area contributed by atoms with Gasteiger partial charge in [0.05, 0.1) is 11.5 Å². The van der Waals surface area contributed by atoms with Crippen molar-refractivity contribution in [1.82, 2.24) is 0 Å². The van der Waals surface area contributed by atoms with Crippen LogP contribution in [0.2, 0.25) is 0 Å². The molecule has 1 aliphatic rings. The molecule has 0 amide bonds. The maximum atomic E-state index is 9.22. The molecular weight excluding hydrogens is 206 g/mol. The van der Waals surface area contributed by atoms with E-state index >= 15 is 0 Å². The lowest BCUT2D eigenvalue weighted by atomic mass is 9.66. The number of nitrogens with zero attached hydrogens (tertiary/aromatic N) is 1. The van der Waals surface area contributed by atoms with Crippen LogP contribution in [0.4, 0.5) is 0 Å². The van der Waals surface area contributed by atoms with E-state index in [2.05, 4.69) is 44.2 Å². The molecule has 1 saturated carbocycles. The molecule has 0 heterocycles. The summed E-state index contributed by atoms with van der Waals surface area (Å²) < 4.78 is 0. The van der Waals surface area contributed by atoms with Gasteiger partial charge in [0.15, 0.2) is 0 Å². The van der Waals surface area contributed by atoms with Crippen molar-refractivity contribution in [2.24, 2.45) is 11.3 Å². The average Bonchev–Trinajstić information content (AvgIpc) is 2.25. The monoisotopic (exact) mass is 227 g/mol. The highest BCUT2D eigenvalue weighted by Crippen LogP contribution is 2.42. The van der Waals surface area contributed by atoms with E-state index in [0.717, 1.165) is 25.7 Å². The number of benzene rings is 1. The van der Waals surface area contributed by atoms with Crippen LogP contribution >= 0.6 is 0 Å². The summed E-state index contributed by atoms with van der Waals surface area (Å²) >= 11 is 0. The van der Waals surface area contributed by atoms with Crippen molar-refractivity contribution in [2.45, 2.75) is 46.0 Å². The Labute approximate surface area is 104 Å². The molecule has 17 heavy (non-hydrogen) atoms. The van der Waals surface area contributed by atoms with E-state index in [4.69, 9.17) is 0 Å². The Bertz CT molecular complexity index is 404. The molecular formula is C16H21N. The van der Waals surface area contributed by atoms with Gasteiger partial charge in [-0.05, 0) is 42.7 Å². The topological polar surface area (TPSA) is 23.8 Å². The molecule has 1 nitrogen and oxygen atoms in total. The molecule has 0 unspecified atom stereocenters. The average molecular weight is 227 g/mol. The highest BCUT2D eigenvalue weighted by atomic mass is 14.4. The van der Waals surface area contributed by atoms with Crippen molar-refractivity contribution in [2.75, 3.05) is 0 Å². The van der Waals surface area contributed by atoms with Gasteiger partial charge in [0, 0.05) is 0 Å². The van der Waals surface area contributed by atoms with Crippen LogP contribution in [0.1, 0.15) is 44.2 Å². The summed E-state index contributed by atoms with van der Waals surface area (Å²) in [7, 11) is 0. The van der Waals surface area contributed by atoms with Crippen LogP contribution in [0.15, 0.2) is 24.3 Å². The van der Waals surface area contributed by atoms with Crippen LogP contribution in [-0.2, 0) is 12.8 Å². The zero-order valence-corrected chi connectivity index (χ0v) is 10.9. The Balaban J connectivity index is 2.01. The molecule has 0 bridgehead atoms. The molecule has 0 aromatic heterocycles. The van der Waals surface area contributed by atoms with Gasteiger partial charge >= 0.3 is 0 Å². The molecule has 1 aromatic carbocycles. The van der Waals surface area contributed by atoms with Crippen LogP contribution in [0.25, 0.3) is 0 Å². The van der Waals surface area contributed by atoms with Gasteiger partial charge in [-0.2, -0.15) is 5.26 Å². The van der Waals surface area contributed by atoms with Crippen molar-refractivity contribution in [3.05, 3.63) is 35.4 Å². The Hall–Kier alpha value is -1.29. The second-order valence-electron chi connectivity index (χ2n) is 5.84. The summed E-state index contributed by atoms with van der Waals surface area (Å²) in [4.78, 5) is 0. The Morgan fingerprint density at radius 1 is 1.18 bits per heavy atom. The van der Waals surface area contributed by atoms with E-state index in [0.29, 0.717) is 5.92 Å². The second kappa shape index (κ2) is 4.92. The lowest BCUT2D eigenvalue weighted by molar-refractivity contribution is 0.214. The lowest BCUT2D eigenvalue weighted by Crippen LogP contribution is -2.29. The first kappa shape index (κ1) is 12.2. The van der Waals surface area contributed by atoms with Gasteiger partial charge in [-0.15, -0.1) is 0 Å². The van der Waals surface area contributed by atoms with E-state index in [-0.39, 0.29) is 5.41 Å². The summed E-state index contributed by atoms with van der Waals surface area (Å²) in [5, 5.41) is 9.22. The fraction of sp³-hybridized carbons (Fsp3) is 0.562. The van der Waals surface area contributed by atoms with Crippen LogP contribution < -0.4 is 0 Å². The summed E-state index contributed by atoms with van der Waals surface area (Å²) in [6.07, 6.45) is 5.46. The Kier molecular flexibility index (Phi) is 3.52. The third-order valence-corrected chi connectivity index (χ3v) is 3.76. The van der Waals surface area contributed by atoms with Crippen LogP contribution in [0.3, 0.4) is 0 Å². The molecule has 1 heteroatoms. The quantitative estimate of drug-likeness (QED) is 0.759. The molecule has 0 N–H and O–H groups in total. The minimum Gasteiger partial charge on any atom is -0.198 e. The fourth-order valence-electron chi connectivity index (χ4n) is 2.59. The Morgan fingerprint density at radius 2 is 1.76 bits per heavy atom. The third-order valence-electron chi connectivity index (χ3n) is 3.76. The predicted octanol–water partition coefficient (Wildman–Crippen LogP) is 4.12. The van der Waals surface area contributed by atoms with Gasteiger partial charge in [-0.3, -0.25) is 0 Å². The first-order chi connectivity index (χ1) is 8.13. The van der Waals surface area contributed by atoms with Gasteiger partial charge in [-0.25, -0.2) is 0 Å². The van der Waals surface area contributed by atoms with E-state index in [9.17, 15) is 5.26 Å². The molecule has 90 valence electrons. The molecule has 1 aromatic rings. The highest BCUT2D eigenvalue weighted by molar-refractivity contribution is 5.26. The van der Waals surface area contributed by atoms with Crippen molar-refractivity contribution in [3.8, 4) is 6.07 Å². The molecule has 1 aliphatic carbocycles. The van der Waals surface area contributed by atoms with Gasteiger partial charge in [0.1, 0.15) is 0 Å². The van der Waals surface area contributed by atoms with Crippen molar-refractivity contribution >= 4 is 0 Å². The van der Waals surface area contributed by atoms with Crippen molar-refractivity contribution < 1.29 is 0 Å². The van der Waals surface area contributed by atoms with Crippen molar-refractivity contribution in [3.63, 3.8) is 0 Å². The van der Waals surface area contributed by atoms with E-state index in [1.54, 1.807) is 0 Å². The minimum atomic E-state index is -0.0421. The third kappa shape index (κ3) is 2.88. The standard InChI is InChI=1S/C16H21N/c1-13(2)10-14-4-6-15(7-5-14)11-16(12-17)8-3-9-16/h4-7,13H,3,8-11H2,1-2H3. The minimum absolute atomic E-state index is 0.0421. The van der Waals surface area contributed by atoms with Crippen LogP contribution in [0.5, 0.6) is 0 Å². The molecule has 0 radical (unpaired) electrons. The zero-order chi connectivity index (χ0) is 12.3. The van der Waals surface area contributed by atoms with Crippen LogP contribution in [-0.4, -0.2) is 0 Å². The normalized spacial score (nSPS) is 17.5. The smallest absolute Gasteiger partial charge is 0.0693 e. The highest BCUT2D eigenvalue weighted by Gasteiger charge is 2.36. The summed E-state index contributed by atoms with van der Waals surface area (Å²) in [5.74, 6) is 0.706. The summed E-state index contributed by atoms with van der Waals surface area (Å²) in [6, 6.07) is 11.4. The Morgan fingerprint density at radius 3 is 2.18 bits per heavy atom. The molecule has 1 fully saturated rings. The molecule has 2 rings (SSSR count). The summed E-state index contributed by atoms with van der Waals surface area (Å²) in [6.45, 7) is 4.49. The van der Waals surface area contributed by atoms with Gasteiger partial charge in [0.2, 0.25) is 0 Å². The first-order valence-corrected chi connectivity index (χ1v) is 6.63. The molecule has 0 spiro atoms. The number of hydrogen-bond donors (Lipinski definition) is 0. The fourth-order valence-corrected chi connectivity index (χ4v) is 2.59. The van der Waals surface area contributed by atoms with E-state index in [1.807, 2.05) is 0 Å². The van der Waals surface area contributed by atoms with Gasteiger partial charge < -0.3 is 0 Å². The molecule has 0 atom stereocenters. The predicted molar refractivity (Wildman–Crippen MR) is 70.6 cm³/mol. The molecule has 0 aliphatic heterocycles. The zero-order valence-electron chi connectivity index (χ0n) is 10.9. The first-order valence-electron chi connectivity index (χ1n) is 6.63. The van der Waals surface area contributed by atoms with E-state index in [1.165, 1.54) is 17.5 Å². The largest absolute Gasteiger partial charge is 0.198 e.